The number of tetrazole rings is 1. The van der Waals surface area contributed by atoms with Crippen molar-refractivity contribution in [1.82, 2.24) is 20.2 Å². The average Bonchev–Trinajstić information content (AvgIpc) is 3.18. The van der Waals surface area contributed by atoms with Gasteiger partial charge in [-0.1, -0.05) is 37.3 Å². The normalized spacial score (nSPS) is 16.3. The Morgan fingerprint density at radius 3 is 2.43 bits per heavy atom. The largest absolute Gasteiger partial charge is 0.360 e. The van der Waals surface area contributed by atoms with E-state index in [9.17, 15) is 4.39 Å². The van der Waals surface area contributed by atoms with Crippen LogP contribution in [-0.2, 0) is 6.54 Å². The van der Waals surface area contributed by atoms with Crippen molar-refractivity contribution in [2.75, 3.05) is 31.1 Å². The molecule has 3 aromatic rings. The number of benzene rings is 2. The number of rotatable bonds is 6. The molecular formula is C21H26FN6+. The maximum absolute atomic E-state index is 13.2. The zero-order valence-corrected chi connectivity index (χ0v) is 16.1. The first-order chi connectivity index (χ1) is 13.7. The van der Waals surface area contributed by atoms with Gasteiger partial charge in [0.2, 0.25) is 5.82 Å². The summed E-state index contributed by atoms with van der Waals surface area (Å²) in [7, 11) is 0. The van der Waals surface area contributed by atoms with Gasteiger partial charge in [-0.25, -0.2) is 9.07 Å². The van der Waals surface area contributed by atoms with Gasteiger partial charge in [0.15, 0.2) is 0 Å². The number of aromatic nitrogens is 4. The molecule has 146 valence electrons. The molecule has 1 aliphatic rings. The Morgan fingerprint density at radius 2 is 1.75 bits per heavy atom. The highest BCUT2D eigenvalue weighted by molar-refractivity contribution is 5.46. The van der Waals surface area contributed by atoms with E-state index in [0.29, 0.717) is 6.54 Å². The molecule has 1 saturated heterocycles. The van der Waals surface area contributed by atoms with E-state index in [0.717, 1.165) is 44.1 Å². The second-order valence-electron chi connectivity index (χ2n) is 7.26. The monoisotopic (exact) mass is 381 g/mol. The molecule has 7 heteroatoms. The summed E-state index contributed by atoms with van der Waals surface area (Å²) >= 11 is 0. The molecule has 6 nitrogen and oxygen atoms in total. The molecule has 2 aromatic carbocycles. The quantitative estimate of drug-likeness (QED) is 0.706. The van der Waals surface area contributed by atoms with Crippen LogP contribution >= 0.6 is 0 Å². The number of nitrogens with one attached hydrogen (secondary N) is 1. The van der Waals surface area contributed by atoms with Gasteiger partial charge in [0.05, 0.1) is 32.7 Å². The van der Waals surface area contributed by atoms with Crippen molar-refractivity contribution < 1.29 is 9.29 Å². The highest BCUT2D eigenvalue weighted by Crippen LogP contribution is 2.16. The maximum Gasteiger partial charge on any atom is 0.209 e. The van der Waals surface area contributed by atoms with Gasteiger partial charge in [0.25, 0.3) is 0 Å². The van der Waals surface area contributed by atoms with E-state index >= 15 is 0 Å². The smallest absolute Gasteiger partial charge is 0.209 e. The number of piperazine rings is 1. The average molecular weight is 381 g/mol. The van der Waals surface area contributed by atoms with E-state index in [1.54, 1.807) is 0 Å². The lowest BCUT2D eigenvalue weighted by molar-refractivity contribution is -0.933. The van der Waals surface area contributed by atoms with E-state index in [4.69, 9.17) is 0 Å². The topological polar surface area (TPSA) is 51.3 Å². The van der Waals surface area contributed by atoms with Gasteiger partial charge in [-0.3, -0.25) is 0 Å². The molecule has 0 aliphatic carbocycles. The molecule has 4 rings (SSSR count). The number of nitrogens with zero attached hydrogens (tertiary/aromatic N) is 5. The minimum absolute atomic E-state index is 0.190. The van der Waals surface area contributed by atoms with Crippen LogP contribution in [0.4, 0.5) is 10.1 Å². The van der Waals surface area contributed by atoms with Crippen LogP contribution in [0.3, 0.4) is 0 Å². The highest BCUT2D eigenvalue weighted by atomic mass is 19.1. The van der Waals surface area contributed by atoms with Crippen molar-refractivity contribution in [3.05, 3.63) is 71.8 Å². The van der Waals surface area contributed by atoms with Crippen LogP contribution in [0, 0.1) is 5.82 Å². The van der Waals surface area contributed by atoms with Gasteiger partial charge in [0, 0.05) is 12.1 Å². The van der Waals surface area contributed by atoms with Crippen LogP contribution in [0.15, 0.2) is 54.6 Å². The minimum atomic E-state index is -0.190. The Balaban J connectivity index is 1.44. The van der Waals surface area contributed by atoms with Gasteiger partial charge >= 0.3 is 0 Å². The molecule has 0 spiro atoms. The van der Waals surface area contributed by atoms with Crippen LogP contribution in [0.2, 0.25) is 0 Å². The van der Waals surface area contributed by atoms with Crippen LogP contribution in [-0.4, -0.2) is 46.4 Å². The SMILES string of the molecule is CC[C@H](c1nnnn1Cc1ccccc1)[NH+]1CCN(c2ccc(F)cc2)CC1. The van der Waals surface area contributed by atoms with Crippen molar-refractivity contribution in [2.24, 2.45) is 0 Å². The summed E-state index contributed by atoms with van der Waals surface area (Å²) in [5.41, 5.74) is 2.28. The van der Waals surface area contributed by atoms with Crippen molar-refractivity contribution in [3.63, 3.8) is 0 Å². The van der Waals surface area contributed by atoms with Gasteiger partial charge in [-0.15, -0.1) is 5.10 Å². The van der Waals surface area contributed by atoms with Crippen molar-refractivity contribution in [1.29, 1.82) is 0 Å². The molecule has 2 heterocycles. The number of hydrogen-bond acceptors (Lipinski definition) is 4. The summed E-state index contributed by atoms with van der Waals surface area (Å²) in [6.07, 6.45) is 0.987. The lowest BCUT2D eigenvalue weighted by Gasteiger charge is -2.36. The molecule has 0 bridgehead atoms. The van der Waals surface area contributed by atoms with Gasteiger partial charge in [-0.2, -0.15) is 0 Å². The molecule has 28 heavy (non-hydrogen) atoms. The Labute approximate surface area is 164 Å². The van der Waals surface area contributed by atoms with Gasteiger partial charge < -0.3 is 9.80 Å². The molecule has 1 aromatic heterocycles. The molecule has 1 aliphatic heterocycles. The third kappa shape index (κ3) is 4.04. The maximum atomic E-state index is 13.2. The van der Waals surface area contributed by atoms with E-state index in [1.807, 2.05) is 35.0 Å². The minimum Gasteiger partial charge on any atom is -0.360 e. The number of halogens is 1. The lowest BCUT2D eigenvalue weighted by atomic mass is 10.1. The van der Waals surface area contributed by atoms with E-state index < -0.39 is 0 Å². The summed E-state index contributed by atoms with van der Waals surface area (Å²) in [4.78, 5) is 3.83. The van der Waals surface area contributed by atoms with Crippen molar-refractivity contribution >= 4 is 5.69 Å². The zero-order chi connectivity index (χ0) is 19.3. The number of anilines is 1. The predicted octanol–water partition coefficient (Wildman–Crippen LogP) is 1.72. The van der Waals surface area contributed by atoms with E-state index in [2.05, 4.69) is 39.5 Å². The summed E-state index contributed by atoms with van der Waals surface area (Å²) in [5.74, 6) is 0.765. The zero-order valence-electron chi connectivity index (χ0n) is 16.1. The molecular weight excluding hydrogens is 355 g/mol. The summed E-state index contributed by atoms with van der Waals surface area (Å²) < 4.78 is 15.1. The second kappa shape index (κ2) is 8.48. The Hall–Kier alpha value is -2.80. The van der Waals surface area contributed by atoms with E-state index in [1.165, 1.54) is 22.6 Å². The number of hydrogen-bond donors (Lipinski definition) is 1. The summed E-state index contributed by atoms with van der Waals surface area (Å²) in [5, 5.41) is 12.6. The first-order valence-corrected chi connectivity index (χ1v) is 9.89. The van der Waals surface area contributed by atoms with Crippen LogP contribution in [0.1, 0.15) is 30.8 Å². The van der Waals surface area contributed by atoms with Crippen LogP contribution < -0.4 is 9.80 Å². The van der Waals surface area contributed by atoms with Gasteiger partial charge in [-0.05, 0) is 40.3 Å². The second-order valence-corrected chi connectivity index (χ2v) is 7.26. The molecule has 0 unspecified atom stereocenters. The Bertz CT molecular complexity index is 871. The fourth-order valence-corrected chi connectivity index (χ4v) is 4.04. The first kappa shape index (κ1) is 18.6. The molecule has 0 saturated carbocycles. The highest BCUT2D eigenvalue weighted by Gasteiger charge is 2.31. The fourth-order valence-electron chi connectivity index (χ4n) is 4.04. The summed E-state index contributed by atoms with van der Waals surface area (Å²) in [6.45, 7) is 6.79. The molecule has 1 N–H and O–H groups in total. The lowest BCUT2D eigenvalue weighted by Crippen LogP contribution is -3.15. The molecule has 0 radical (unpaired) electrons. The fraction of sp³-hybridized carbons (Fsp3) is 0.381. The van der Waals surface area contributed by atoms with Crippen molar-refractivity contribution in [3.8, 4) is 0 Å². The first-order valence-electron chi connectivity index (χ1n) is 9.89. The predicted molar refractivity (Wildman–Crippen MR) is 106 cm³/mol. The molecule has 0 amide bonds. The standard InChI is InChI=1S/C21H25FN6/c1-2-20(21-23-24-25-28(21)16-17-6-4-3-5-7-17)27-14-12-26(13-15-27)19-10-8-18(22)9-11-19/h3-11,20H,2,12-16H2,1H3/p+1/t20-/m1/s1. The van der Waals surface area contributed by atoms with Gasteiger partial charge in [0.1, 0.15) is 11.9 Å². The summed E-state index contributed by atoms with van der Waals surface area (Å²) in [6, 6.07) is 17.3. The van der Waals surface area contributed by atoms with Crippen LogP contribution in [0.5, 0.6) is 0 Å². The van der Waals surface area contributed by atoms with Crippen LogP contribution in [0.25, 0.3) is 0 Å². The Kier molecular flexibility index (Phi) is 5.62. The third-order valence-corrected chi connectivity index (χ3v) is 5.54. The third-order valence-electron chi connectivity index (χ3n) is 5.54. The number of quaternary nitrogens is 1. The molecule has 1 fully saturated rings. The van der Waals surface area contributed by atoms with Crippen molar-refractivity contribution in [2.45, 2.75) is 25.9 Å². The molecule has 1 atom stereocenters. The Morgan fingerprint density at radius 1 is 1.04 bits per heavy atom. The van der Waals surface area contributed by atoms with E-state index in [-0.39, 0.29) is 11.9 Å².